The molecule has 0 saturated heterocycles. The standard InChI is InChI=1S/C17H15N5O4S/c1-20-12-11(15(25)21(2)17(20)26)18-16(19-12)27-8-7-22-13(23)9-5-3-4-6-10(9)14(22)24/h3-6H,7-8H2,1-2H3,(H,18,19). The molecule has 138 valence electrons. The van der Waals surface area contributed by atoms with Crippen molar-refractivity contribution >= 4 is 34.7 Å². The number of carbonyl (C=O) groups excluding carboxylic acids is 2. The van der Waals surface area contributed by atoms with Crippen LogP contribution in [0.3, 0.4) is 0 Å². The summed E-state index contributed by atoms with van der Waals surface area (Å²) in [5, 5.41) is 0.444. The number of thioether (sulfide) groups is 1. The molecule has 1 aromatic carbocycles. The molecule has 0 saturated carbocycles. The average Bonchev–Trinajstić information content (AvgIpc) is 3.20. The van der Waals surface area contributed by atoms with Crippen LogP contribution in [0, 0.1) is 0 Å². The van der Waals surface area contributed by atoms with E-state index in [2.05, 4.69) is 9.97 Å². The maximum atomic E-state index is 12.3. The fourth-order valence-electron chi connectivity index (χ4n) is 3.05. The van der Waals surface area contributed by atoms with Crippen LogP contribution in [-0.2, 0) is 14.1 Å². The second-order valence-electron chi connectivity index (χ2n) is 6.10. The first-order chi connectivity index (χ1) is 12.9. The van der Waals surface area contributed by atoms with Crippen molar-refractivity contribution in [2.45, 2.75) is 5.16 Å². The number of aryl methyl sites for hydroxylation is 1. The smallest absolute Gasteiger partial charge is 0.327 e. The van der Waals surface area contributed by atoms with Crippen molar-refractivity contribution < 1.29 is 9.59 Å². The minimum atomic E-state index is -0.457. The Hall–Kier alpha value is -3.14. The number of nitrogens with one attached hydrogen (secondary N) is 1. The van der Waals surface area contributed by atoms with E-state index in [1.807, 2.05) is 0 Å². The Bertz CT molecular complexity index is 1190. The lowest BCUT2D eigenvalue weighted by atomic mass is 10.1. The molecule has 1 aliphatic rings. The monoisotopic (exact) mass is 385 g/mol. The van der Waals surface area contributed by atoms with Gasteiger partial charge < -0.3 is 4.98 Å². The number of aromatic nitrogens is 4. The average molecular weight is 385 g/mol. The van der Waals surface area contributed by atoms with Gasteiger partial charge in [-0.05, 0) is 12.1 Å². The Balaban J connectivity index is 1.52. The number of nitrogens with zero attached hydrogens (tertiary/aromatic N) is 4. The van der Waals surface area contributed by atoms with E-state index < -0.39 is 11.2 Å². The molecule has 0 unspecified atom stereocenters. The molecule has 2 aromatic heterocycles. The van der Waals surface area contributed by atoms with Gasteiger partial charge >= 0.3 is 5.69 Å². The highest BCUT2D eigenvalue weighted by Gasteiger charge is 2.34. The third-order valence-electron chi connectivity index (χ3n) is 4.50. The van der Waals surface area contributed by atoms with E-state index >= 15 is 0 Å². The van der Waals surface area contributed by atoms with Crippen LogP contribution in [-0.4, -0.2) is 48.1 Å². The zero-order valence-corrected chi connectivity index (χ0v) is 15.4. The van der Waals surface area contributed by atoms with E-state index in [4.69, 9.17) is 0 Å². The number of hydrogen-bond donors (Lipinski definition) is 1. The number of rotatable bonds is 4. The Morgan fingerprint density at radius 1 is 1.00 bits per heavy atom. The highest BCUT2D eigenvalue weighted by molar-refractivity contribution is 7.99. The third kappa shape index (κ3) is 2.60. The van der Waals surface area contributed by atoms with Crippen molar-refractivity contribution in [3.8, 4) is 0 Å². The molecule has 1 aliphatic heterocycles. The Morgan fingerprint density at radius 2 is 1.63 bits per heavy atom. The normalized spacial score (nSPS) is 13.6. The van der Waals surface area contributed by atoms with Crippen LogP contribution in [0.15, 0.2) is 39.0 Å². The quantitative estimate of drug-likeness (QED) is 0.513. The molecule has 3 heterocycles. The van der Waals surface area contributed by atoms with Crippen molar-refractivity contribution in [1.82, 2.24) is 24.0 Å². The number of aromatic amines is 1. The van der Waals surface area contributed by atoms with E-state index in [0.29, 0.717) is 22.0 Å². The summed E-state index contributed by atoms with van der Waals surface area (Å²) in [4.78, 5) is 57.2. The van der Waals surface area contributed by atoms with Crippen molar-refractivity contribution in [1.29, 1.82) is 0 Å². The number of fused-ring (bicyclic) bond motifs is 2. The van der Waals surface area contributed by atoms with Crippen LogP contribution in [0.1, 0.15) is 20.7 Å². The highest BCUT2D eigenvalue weighted by Crippen LogP contribution is 2.23. The zero-order valence-electron chi connectivity index (χ0n) is 14.6. The predicted octanol–water partition coefficient (Wildman–Crippen LogP) is 0.349. The largest absolute Gasteiger partial charge is 0.332 e. The molecule has 27 heavy (non-hydrogen) atoms. The van der Waals surface area contributed by atoms with Crippen LogP contribution >= 0.6 is 11.8 Å². The van der Waals surface area contributed by atoms with E-state index in [9.17, 15) is 19.2 Å². The molecule has 2 amide bonds. The molecule has 10 heteroatoms. The molecule has 0 bridgehead atoms. The maximum absolute atomic E-state index is 12.3. The van der Waals surface area contributed by atoms with Crippen LogP contribution < -0.4 is 11.2 Å². The van der Waals surface area contributed by atoms with Gasteiger partial charge in [0, 0.05) is 26.4 Å². The summed E-state index contributed by atoms with van der Waals surface area (Å²) in [5.41, 5.74) is 0.424. The van der Waals surface area contributed by atoms with E-state index in [0.717, 1.165) is 4.57 Å². The van der Waals surface area contributed by atoms with E-state index in [1.54, 1.807) is 24.3 Å². The number of benzene rings is 1. The van der Waals surface area contributed by atoms with Gasteiger partial charge in [-0.25, -0.2) is 9.78 Å². The van der Waals surface area contributed by atoms with Crippen molar-refractivity contribution in [3.05, 3.63) is 56.2 Å². The second kappa shape index (κ2) is 6.23. The topological polar surface area (TPSA) is 110 Å². The lowest BCUT2D eigenvalue weighted by Gasteiger charge is -2.12. The molecule has 0 atom stereocenters. The first-order valence-electron chi connectivity index (χ1n) is 8.14. The van der Waals surface area contributed by atoms with Gasteiger partial charge in [-0.3, -0.25) is 28.4 Å². The fourth-order valence-corrected chi connectivity index (χ4v) is 3.84. The molecule has 4 rings (SSSR count). The Labute approximate surface area is 156 Å². The summed E-state index contributed by atoms with van der Waals surface area (Å²) < 4.78 is 2.30. The summed E-state index contributed by atoms with van der Waals surface area (Å²) in [7, 11) is 2.94. The van der Waals surface area contributed by atoms with Gasteiger partial charge in [0.1, 0.15) is 0 Å². The number of imide groups is 1. The number of imidazole rings is 1. The third-order valence-corrected chi connectivity index (χ3v) is 5.36. The van der Waals surface area contributed by atoms with Crippen LogP contribution in [0.25, 0.3) is 11.2 Å². The van der Waals surface area contributed by atoms with Crippen LogP contribution in [0.4, 0.5) is 0 Å². The summed E-state index contributed by atoms with van der Waals surface area (Å²) in [6.45, 7) is 0.213. The number of amides is 2. The summed E-state index contributed by atoms with van der Waals surface area (Å²) in [6, 6.07) is 6.72. The van der Waals surface area contributed by atoms with Crippen molar-refractivity contribution in [2.24, 2.45) is 14.1 Å². The first-order valence-corrected chi connectivity index (χ1v) is 9.12. The molecule has 1 N–H and O–H groups in total. The van der Waals surface area contributed by atoms with Gasteiger partial charge in [-0.2, -0.15) is 0 Å². The Morgan fingerprint density at radius 3 is 2.26 bits per heavy atom. The predicted molar refractivity (Wildman–Crippen MR) is 99.1 cm³/mol. The van der Waals surface area contributed by atoms with E-state index in [1.165, 1.54) is 35.3 Å². The van der Waals surface area contributed by atoms with Crippen molar-refractivity contribution in [2.75, 3.05) is 12.3 Å². The first kappa shape index (κ1) is 17.3. The minimum Gasteiger partial charge on any atom is -0.327 e. The van der Waals surface area contributed by atoms with E-state index in [-0.39, 0.29) is 29.5 Å². The summed E-state index contributed by atoms with van der Waals surface area (Å²) >= 11 is 1.27. The zero-order chi connectivity index (χ0) is 19.3. The van der Waals surface area contributed by atoms with Gasteiger partial charge in [0.05, 0.1) is 11.1 Å². The molecular weight excluding hydrogens is 370 g/mol. The molecular formula is C17H15N5O4S. The molecule has 0 aliphatic carbocycles. The van der Waals surface area contributed by atoms with Gasteiger partial charge in [0.15, 0.2) is 16.3 Å². The van der Waals surface area contributed by atoms with Gasteiger partial charge in [-0.15, -0.1) is 0 Å². The van der Waals surface area contributed by atoms with Gasteiger partial charge in [-0.1, -0.05) is 23.9 Å². The fraction of sp³-hybridized carbons (Fsp3) is 0.235. The second-order valence-corrected chi connectivity index (χ2v) is 7.19. The number of H-pyrrole nitrogens is 1. The molecule has 3 aromatic rings. The lowest BCUT2D eigenvalue weighted by Crippen LogP contribution is -2.36. The number of hydrogen-bond acceptors (Lipinski definition) is 6. The Kier molecular flexibility index (Phi) is 3.99. The van der Waals surface area contributed by atoms with Gasteiger partial charge in [0.25, 0.3) is 17.4 Å². The molecule has 0 fully saturated rings. The van der Waals surface area contributed by atoms with Crippen LogP contribution in [0.2, 0.25) is 0 Å². The highest BCUT2D eigenvalue weighted by atomic mass is 32.2. The number of carbonyl (C=O) groups is 2. The molecule has 0 spiro atoms. The minimum absolute atomic E-state index is 0.213. The summed E-state index contributed by atoms with van der Waals surface area (Å²) in [5.74, 6) is -0.214. The lowest BCUT2D eigenvalue weighted by molar-refractivity contribution is 0.0664. The maximum Gasteiger partial charge on any atom is 0.332 e. The molecule has 0 radical (unpaired) electrons. The van der Waals surface area contributed by atoms with Gasteiger partial charge in [0.2, 0.25) is 0 Å². The molecule has 9 nitrogen and oxygen atoms in total. The summed E-state index contributed by atoms with van der Waals surface area (Å²) in [6.07, 6.45) is 0. The van der Waals surface area contributed by atoms with Crippen LogP contribution in [0.5, 0.6) is 0 Å². The van der Waals surface area contributed by atoms with Crippen molar-refractivity contribution in [3.63, 3.8) is 0 Å². The SMILES string of the molecule is Cn1c(=O)c2[nH]c(SCCN3C(=O)c4ccccc4C3=O)nc2n(C)c1=O.